The third kappa shape index (κ3) is 4.90. The molecule has 3 aromatic carbocycles. The number of carbonyl (C=O) groups excluding carboxylic acids is 3. The highest BCUT2D eigenvalue weighted by Crippen LogP contribution is 2.31. The molecule has 2 amide bonds. The molecule has 0 radical (unpaired) electrons. The fourth-order valence-electron chi connectivity index (χ4n) is 5.19. The summed E-state index contributed by atoms with van der Waals surface area (Å²) >= 11 is 0. The Morgan fingerprint density at radius 2 is 1.58 bits per heavy atom. The Morgan fingerprint density at radius 3 is 2.17 bits per heavy atom. The fraction of sp³-hybridized carbons (Fsp3) is 0.345. The number of hydrogen-bond donors (Lipinski definition) is 1. The molecule has 3 aromatic rings. The third-order valence-electron chi connectivity index (χ3n) is 7.18. The summed E-state index contributed by atoms with van der Waals surface area (Å²) in [7, 11) is 0. The zero-order valence-corrected chi connectivity index (χ0v) is 20.4. The number of carbonyl (C=O) groups is 3. The van der Waals surface area contributed by atoms with E-state index in [1.807, 2.05) is 24.3 Å². The monoisotopic (exact) mass is 486 g/mol. The number of amides is 2. The van der Waals surface area contributed by atoms with Gasteiger partial charge >= 0.3 is 0 Å². The van der Waals surface area contributed by atoms with Crippen LogP contribution in [-0.2, 0) is 0 Å². The number of aliphatic hydroxyl groups excluding tert-OH is 1. The van der Waals surface area contributed by atoms with Crippen LogP contribution in [0.2, 0.25) is 0 Å². The Kier molecular flexibility index (Phi) is 6.85. The Labute approximate surface area is 210 Å². The van der Waals surface area contributed by atoms with E-state index in [0.29, 0.717) is 35.5 Å². The van der Waals surface area contributed by atoms with Crippen molar-refractivity contribution in [2.45, 2.75) is 25.9 Å². The highest BCUT2D eigenvalue weighted by atomic mass is 16.5. The number of hydrogen-bond acceptors (Lipinski definition) is 6. The zero-order chi connectivity index (χ0) is 25.2. The lowest BCUT2D eigenvalue weighted by Crippen LogP contribution is -2.46. The Hall–Kier alpha value is -3.55. The molecule has 0 bridgehead atoms. The summed E-state index contributed by atoms with van der Waals surface area (Å²) in [6.45, 7) is 4.17. The van der Waals surface area contributed by atoms with Gasteiger partial charge in [-0.05, 0) is 80.6 Å². The molecule has 5 rings (SSSR count). The second-order valence-corrected chi connectivity index (χ2v) is 9.72. The minimum Gasteiger partial charge on any atom is -0.491 e. The van der Waals surface area contributed by atoms with Crippen LogP contribution in [0.1, 0.15) is 50.8 Å². The summed E-state index contributed by atoms with van der Waals surface area (Å²) in [6, 6.07) is 18.1. The van der Waals surface area contributed by atoms with Gasteiger partial charge in [-0.1, -0.05) is 24.3 Å². The lowest BCUT2D eigenvalue weighted by Gasteiger charge is -2.36. The van der Waals surface area contributed by atoms with E-state index >= 15 is 0 Å². The predicted octanol–water partition coefficient (Wildman–Crippen LogP) is 3.79. The van der Waals surface area contributed by atoms with Crippen LogP contribution < -0.4 is 4.74 Å². The number of imide groups is 1. The smallest absolute Gasteiger partial charge is 0.261 e. The van der Waals surface area contributed by atoms with Crippen LogP contribution in [0.4, 0.5) is 0 Å². The van der Waals surface area contributed by atoms with Gasteiger partial charge < -0.3 is 14.7 Å². The highest BCUT2D eigenvalue weighted by molar-refractivity contribution is 6.25. The Morgan fingerprint density at radius 1 is 0.972 bits per heavy atom. The number of nitrogens with zero attached hydrogens (tertiary/aromatic N) is 2. The van der Waals surface area contributed by atoms with Crippen molar-refractivity contribution in [2.75, 3.05) is 32.8 Å². The number of piperidine rings is 1. The minimum atomic E-state index is -0.642. The molecule has 0 aromatic heterocycles. The predicted molar refractivity (Wildman–Crippen MR) is 136 cm³/mol. The van der Waals surface area contributed by atoms with Crippen LogP contribution in [-0.4, -0.2) is 71.4 Å². The van der Waals surface area contributed by atoms with E-state index in [1.54, 1.807) is 36.4 Å². The van der Waals surface area contributed by atoms with E-state index in [-0.39, 0.29) is 30.1 Å². The molecule has 2 heterocycles. The maximum atomic E-state index is 13.2. The first-order valence-electron chi connectivity index (χ1n) is 12.4. The van der Waals surface area contributed by atoms with Crippen LogP contribution in [0.15, 0.2) is 60.7 Å². The number of benzene rings is 3. The first kappa shape index (κ1) is 24.2. The number of likely N-dealkylation sites (tertiary alicyclic amines) is 1. The normalized spacial score (nSPS) is 17.4. The molecule has 0 aliphatic carbocycles. The van der Waals surface area contributed by atoms with Crippen molar-refractivity contribution in [3.63, 3.8) is 0 Å². The zero-order valence-electron chi connectivity index (χ0n) is 20.4. The number of ether oxygens (including phenoxy) is 1. The fourth-order valence-corrected chi connectivity index (χ4v) is 5.19. The maximum Gasteiger partial charge on any atom is 0.261 e. The number of rotatable bonds is 8. The second kappa shape index (κ2) is 10.2. The first-order valence-corrected chi connectivity index (χ1v) is 12.4. The van der Waals surface area contributed by atoms with Gasteiger partial charge in [0.2, 0.25) is 0 Å². The van der Waals surface area contributed by atoms with Gasteiger partial charge in [0.25, 0.3) is 11.8 Å². The van der Waals surface area contributed by atoms with Gasteiger partial charge in [0.1, 0.15) is 18.5 Å². The van der Waals surface area contributed by atoms with E-state index in [1.165, 1.54) is 11.8 Å². The van der Waals surface area contributed by atoms with Crippen molar-refractivity contribution in [1.82, 2.24) is 9.80 Å². The quantitative estimate of drug-likeness (QED) is 0.385. The number of Topliss-reactive ketones (excluding diaryl/α,β-unsaturated/α-hetero) is 1. The van der Waals surface area contributed by atoms with E-state index in [2.05, 4.69) is 4.90 Å². The van der Waals surface area contributed by atoms with Crippen molar-refractivity contribution >= 4 is 28.4 Å². The summed E-state index contributed by atoms with van der Waals surface area (Å²) in [5, 5.41) is 12.1. The van der Waals surface area contributed by atoms with Gasteiger partial charge in [-0.3, -0.25) is 19.3 Å². The summed E-state index contributed by atoms with van der Waals surface area (Å²) < 4.78 is 5.67. The molecular weight excluding hydrogens is 456 g/mol. The standard InChI is InChI=1S/C29H30N2O5/c1-19(32)21-8-10-24(11-9-21)36-18-23(33)17-30-14-12-20(13-15-30)16-31-28(34)25-6-2-4-22-5-3-7-26(27(22)25)29(31)35/h2-11,20,23,33H,12-18H2,1H3/t23-/m1/s1. The molecule has 0 saturated carbocycles. The molecule has 0 unspecified atom stereocenters. The third-order valence-corrected chi connectivity index (χ3v) is 7.18. The van der Waals surface area contributed by atoms with Crippen LogP contribution in [0.25, 0.3) is 10.8 Å². The topological polar surface area (TPSA) is 87.2 Å². The molecule has 7 heteroatoms. The van der Waals surface area contributed by atoms with Gasteiger partial charge in [-0.2, -0.15) is 0 Å². The maximum absolute atomic E-state index is 13.2. The van der Waals surface area contributed by atoms with E-state index in [0.717, 1.165) is 36.7 Å². The number of aliphatic hydroxyl groups is 1. The molecule has 2 aliphatic rings. The highest BCUT2D eigenvalue weighted by Gasteiger charge is 2.34. The van der Waals surface area contributed by atoms with Crippen LogP contribution in [0.3, 0.4) is 0 Å². The second-order valence-electron chi connectivity index (χ2n) is 9.72. The molecule has 1 atom stereocenters. The summed E-state index contributed by atoms with van der Waals surface area (Å²) in [4.78, 5) is 41.3. The number of β-amino-alcohol motifs (C(OH)–C–C–N with tert-alkyl or cyclic N) is 1. The summed E-state index contributed by atoms with van der Waals surface area (Å²) in [5.74, 6) is 0.421. The molecule has 0 spiro atoms. The van der Waals surface area contributed by atoms with Crippen LogP contribution in [0, 0.1) is 5.92 Å². The van der Waals surface area contributed by atoms with Crippen LogP contribution in [0.5, 0.6) is 5.75 Å². The van der Waals surface area contributed by atoms with Crippen molar-refractivity contribution in [2.24, 2.45) is 5.92 Å². The van der Waals surface area contributed by atoms with Crippen molar-refractivity contribution < 1.29 is 24.2 Å². The average molecular weight is 487 g/mol. The molecule has 2 aliphatic heterocycles. The lowest BCUT2D eigenvalue weighted by molar-refractivity contribution is 0.0453. The molecule has 1 saturated heterocycles. The Bertz CT molecular complexity index is 1240. The molecule has 7 nitrogen and oxygen atoms in total. The molecule has 36 heavy (non-hydrogen) atoms. The first-order chi connectivity index (χ1) is 17.4. The van der Waals surface area contributed by atoms with Gasteiger partial charge in [0.05, 0.1) is 0 Å². The van der Waals surface area contributed by atoms with E-state index in [4.69, 9.17) is 4.74 Å². The largest absolute Gasteiger partial charge is 0.491 e. The molecule has 186 valence electrons. The summed E-state index contributed by atoms with van der Waals surface area (Å²) in [6.07, 6.45) is 1.06. The van der Waals surface area contributed by atoms with Gasteiger partial charge in [0, 0.05) is 35.2 Å². The SMILES string of the molecule is CC(=O)c1ccc(OC[C@H](O)CN2CCC(CN3C(=O)c4cccc5cccc(c45)C3=O)CC2)cc1. The Balaban J connectivity index is 1.12. The molecule has 1 N–H and O–H groups in total. The average Bonchev–Trinajstić information content (AvgIpc) is 2.89. The van der Waals surface area contributed by atoms with Crippen molar-refractivity contribution in [1.29, 1.82) is 0 Å². The van der Waals surface area contributed by atoms with Crippen molar-refractivity contribution in [3.05, 3.63) is 77.4 Å². The van der Waals surface area contributed by atoms with Gasteiger partial charge in [-0.25, -0.2) is 0 Å². The van der Waals surface area contributed by atoms with Gasteiger partial charge in [0.15, 0.2) is 5.78 Å². The summed E-state index contributed by atoms with van der Waals surface area (Å²) in [5.41, 5.74) is 1.82. The van der Waals surface area contributed by atoms with Gasteiger partial charge in [-0.15, -0.1) is 0 Å². The van der Waals surface area contributed by atoms with Crippen molar-refractivity contribution in [3.8, 4) is 5.75 Å². The lowest BCUT2D eigenvalue weighted by atomic mass is 9.91. The van der Waals surface area contributed by atoms with E-state index < -0.39 is 6.10 Å². The molecular formula is C29H30N2O5. The number of ketones is 1. The van der Waals surface area contributed by atoms with Crippen LogP contribution >= 0.6 is 0 Å². The molecule has 1 fully saturated rings. The minimum absolute atomic E-state index is 0.00110. The van der Waals surface area contributed by atoms with E-state index in [9.17, 15) is 19.5 Å².